The number of amides is 1. The average molecular weight is 361 g/mol. The molecule has 2 aromatic carbocycles. The van der Waals surface area contributed by atoms with Crippen molar-refractivity contribution in [3.63, 3.8) is 0 Å². The van der Waals surface area contributed by atoms with Crippen molar-refractivity contribution in [1.82, 2.24) is 0 Å². The van der Waals surface area contributed by atoms with Crippen LogP contribution in [-0.2, 0) is 20.7 Å². The molecule has 25 heavy (non-hydrogen) atoms. The van der Waals surface area contributed by atoms with E-state index in [0.717, 1.165) is 5.56 Å². The highest BCUT2D eigenvalue weighted by molar-refractivity contribution is 8.01. The first-order valence-corrected chi connectivity index (χ1v) is 8.97. The van der Waals surface area contributed by atoms with E-state index in [1.165, 1.54) is 36.0 Å². The maximum atomic E-state index is 12.8. The molecule has 0 aliphatic rings. The molecule has 0 saturated heterocycles. The molecular weight excluding hydrogens is 341 g/mol. The lowest BCUT2D eigenvalue weighted by Crippen LogP contribution is -2.22. The lowest BCUT2D eigenvalue weighted by Gasteiger charge is -2.11. The predicted molar refractivity (Wildman–Crippen MR) is 98.1 cm³/mol. The van der Waals surface area contributed by atoms with Crippen LogP contribution in [0.3, 0.4) is 0 Å². The number of hydrogen-bond acceptors (Lipinski definition) is 4. The molecule has 4 nitrogen and oxygen atoms in total. The second-order valence-electron chi connectivity index (χ2n) is 5.41. The number of hydrogen-bond donors (Lipinski definition) is 1. The fourth-order valence-electron chi connectivity index (χ4n) is 2.03. The molecule has 1 N–H and O–H groups in total. The summed E-state index contributed by atoms with van der Waals surface area (Å²) in [7, 11) is 0. The molecule has 0 aromatic heterocycles. The molecule has 0 heterocycles. The van der Waals surface area contributed by atoms with Gasteiger partial charge >= 0.3 is 5.97 Å². The van der Waals surface area contributed by atoms with Crippen molar-refractivity contribution in [2.75, 3.05) is 17.7 Å². The van der Waals surface area contributed by atoms with Crippen LogP contribution in [0.1, 0.15) is 12.5 Å². The Hall–Kier alpha value is -2.34. The van der Waals surface area contributed by atoms with Crippen LogP contribution in [0.5, 0.6) is 0 Å². The van der Waals surface area contributed by atoms with Crippen molar-refractivity contribution >= 4 is 29.3 Å². The highest BCUT2D eigenvalue weighted by Gasteiger charge is 2.16. The number of thioether (sulfide) groups is 1. The van der Waals surface area contributed by atoms with Gasteiger partial charge in [-0.2, -0.15) is 0 Å². The first kappa shape index (κ1) is 19.0. The van der Waals surface area contributed by atoms with Crippen LogP contribution in [0.4, 0.5) is 10.1 Å². The number of ether oxygens (including phenoxy) is 1. The van der Waals surface area contributed by atoms with E-state index in [2.05, 4.69) is 5.32 Å². The van der Waals surface area contributed by atoms with Crippen molar-refractivity contribution in [2.45, 2.75) is 18.6 Å². The third-order valence-corrected chi connectivity index (χ3v) is 4.52. The molecule has 0 aliphatic heterocycles. The van der Waals surface area contributed by atoms with Gasteiger partial charge in [-0.1, -0.05) is 30.3 Å². The van der Waals surface area contributed by atoms with Crippen LogP contribution in [0.2, 0.25) is 0 Å². The summed E-state index contributed by atoms with van der Waals surface area (Å²) in [5.74, 6) is -0.831. The molecule has 0 aliphatic carbocycles. The molecule has 0 spiro atoms. The number of halogens is 1. The van der Waals surface area contributed by atoms with Crippen molar-refractivity contribution < 1.29 is 18.7 Å². The number of benzene rings is 2. The Labute approximate surface area is 150 Å². The van der Waals surface area contributed by atoms with Crippen LogP contribution >= 0.6 is 11.8 Å². The molecule has 132 valence electrons. The Kier molecular flexibility index (Phi) is 7.47. The second kappa shape index (κ2) is 9.84. The monoisotopic (exact) mass is 361 g/mol. The summed E-state index contributed by atoms with van der Waals surface area (Å²) in [6.45, 7) is 2.02. The Bertz CT molecular complexity index is 692. The summed E-state index contributed by atoms with van der Waals surface area (Å²) in [4.78, 5) is 23.8. The zero-order valence-electron chi connectivity index (χ0n) is 13.9. The average Bonchev–Trinajstić information content (AvgIpc) is 2.62. The van der Waals surface area contributed by atoms with Gasteiger partial charge in [-0.3, -0.25) is 9.59 Å². The highest BCUT2D eigenvalue weighted by atomic mass is 32.2. The van der Waals surface area contributed by atoms with E-state index in [9.17, 15) is 14.0 Å². The third kappa shape index (κ3) is 6.97. The first-order chi connectivity index (χ1) is 12.0. The van der Waals surface area contributed by atoms with E-state index in [0.29, 0.717) is 18.7 Å². The Balaban J connectivity index is 1.66. The van der Waals surface area contributed by atoms with Gasteiger partial charge in [0, 0.05) is 12.1 Å². The fourth-order valence-corrected chi connectivity index (χ4v) is 2.71. The Morgan fingerprint density at radius 1 is 1.12 bits per heavy atom. The standard InChI is InChI=1S/C19H20FNO3S/c1-14(19(23)24-12-11-15-5-3-2-4-6-15)25-13-18(22)21-17-9-7-16(20)8-10-17/h2-10,14H,11-13H2,1H3,(H,21,22). The molecule has 0 fully saturated rings. The number of carbonyl (C=O) groups excluding carboxylic acids is 2. The van der Waals surface area contributed by atoms with Crippen LogP contribution in [0.25, 0.3) is 0 Å². The van der Waals surface area contributed by atoms with Gasteiger partial charge in [0.15, 0.2) is 0 Å². The fraction of sp³-hybridized carbons (Fsp3) is 0.263. The maximum absolute atomic E-state index is 12.8. The predicted octanol–water partition coefficient (Wildman–Crippen LogP) is 3.67. The lowest BCUT2D eigenvalue weighted by molar-refractivity contribution is -0.142. The third-order valence-electron chi connectivity index (χ3n) is 3.40. The van der Waals surface area contributed by atoms with Gasteiger partial charge in [-0.15, -0.1) is 11.8 Å². The SMILES string of the molecule is CC(SCC(=O)Nc1ccc(F)cc1)C(=O)OCCc1ccccc1. The van der Waals surface area contributed by atoms with Crippen LogP contribution in [0.15, 0.2) is 54.6 Å². The molecule has 2 aromatic rings. The van der Waals surface area contributed by atoms with E-state index in [-0.39, 0.29) is 23.4 Å². The molecule has 6 heteroatoms. The van der Waals surface area contributed by atoms with Gasteiger partial charge in [0.25, 0.3) is 0 Å². The molecule has 1 atom stereocenters. The summed E-state index contributed by atoms with van der Waals surface area (Å²) in [6, 6.07) is 15.3. The molecule has 1 unspecified atom stereocenters. The molecule has 0 bridgehead atoms. The maximum Gasteiger partial charge on any atom is 0.318 e. The molecule has 0 saturated carbocycles. The van der Waals surface area contributed by atoms with Crippen LogP contribution in [-0.4, -0.2) is 29.5 Å². The van der Waals surface area contributed by atoms with Crippen LogP contribution in [0, 0.1) is 5.82 Å². The van der Waals surface area contributed by atoms with E-state index >= 15 is 0 Å². The van der Waals surface area contributed by atoms with Crippen molar-refractivity contribution in [1.29, 1.82) is 0 Å². The van der Waals surface area contributed by atoms with Crippen LogP contribution < -0.4 is 5.32 Å². The number of anilines is 1. The van der Waals surface area contributed by atoms with Gasteiger partial charge in [-0.25, -0.2) is 4.39 Å². The quantitative estimate of drug-likeness (QED) is 0.729. The van der Waals surface area contributed by atoms with Gasteiger partial charge in [0.2, 0.25) is 5.91 Å². The summed E-state index contributed by atoms with van der Waals surface area (Å²) < 4.78 is 18.0. The van der Waals surface area contributed by atoms with Gasteiger partial charge in [0.1, 0.15) is 11.1 Å². The minimum Gasteiger partial charge on any atom is -0.465 e. The van der Waals surface area contributed by atoms with Crippen molar-refractivity contribution in [2.24, 2.45) is 0 Å². The van der Waals surface area contributed by atoms with Gasteiger partial charge < -0.3 is 10.1 Å². The summed E-state index contributed by atoms with van der Waals surface area (Å²) in [5, 5.41) is 2.21. The lowest BCUT2D eigenvalue weighted by atomic mass is 10.2. The first-order valence-electron chi connectivity index (χ1n) is 7.92. The van der Waals surface area contributed by atoms with E-state index in [1.54, 1.807) is 6.92 Å². The molecular formula is C19H20FNO3S. The smallest absolute Gasteiger partial charge is 0.318 e. The Morgan fingerprint density at radius 3 is 2.48 bits per heavy atom. The number of esters is 1. The van der Waals surface area contributed by atoms with E-state index in [1.807, 2.05) is 30.3 Å². The zero-order valence-corrected chi connectivity index (χ0v) is 14.7. The summed E-state index contributed by atoms with van der Waals surface area (Å²) >= 11 is 1.20. The second-order valence-corrected chi connectivity index (χ2v) is 6.74. The highest BCUT2D eigenvalue weighted by Crippen LogP contribution is 2.14. The van der Waals surface area contributed by atoms with Crippen molar-refractivity contribution in [3.05, 3.63) is 66.0 Å². The molecule has 0 radical (unpaired) electrons. The van der Waals surface area contributed by atoms with E-state index < -0.39 is 5.25 Å². The summed E-state index contributed by atoms with van der Waals surface area (Å²) in [5.41, 5.74) is 1.62. The van der Waals surface area contributed by atoms with Gasteiger partial charge in [-0.05, 0) is 36.8 Å². The number of carbonyl (C=O) groups is 2. The molecule has 1 amide bonds. The number of nitrogens with one attached hydrogen (secondary N) is 1. The Morgan fingerprint density at radius 2 is 1.80 bits per heavy atom. The largest absolute Gasteiger partial charge is 0.465 e. The van der Waals surface area contributed by atoms with Gasteiger partial charge in [0.05, 0.1) is 12.4 Å². The molecule has 2 rings (SSSR count). The minimum absolute atomic E-state index is 0.117. The zero-order chi connectivity index (χ0) is 18.1. The number of rotatable bonds is 8. The van der Waals surface area contributed by atoms with E-state index in [4.69, 9.17) is 4.74 Å². The normalized spacial score (nSPS) is 11.6. The summed E-state index contributed by atoms with van der Waals surface area (Å²) in [6.07, 6.45) is 0.662. The minimum atomic E-state index is -0.435. The van der Waals surface area contributed by atoms with Crippen molar-refractivity contribution in [3.8, 4) is 0 Å². The topological polar surface area (TPSA) is 55.4 Å².